The quantitative estimate of drug-likeness (QED) is 0.520. The summed E-state index contributed by atoms with van der Waals surface area (Å²) in [5.41, 5.74) is 1.95. The molecule has 0 aliphatic carbocycles. The van der Waals surface area contributed by atoms with E-state index in [9.17, 15) is 4.79 Å². The Kier molecular flexibility index (Phi) is 6.79. The van der Waals surface area contributed by atoms with Gasteiger partial charge < -0.3 is 19.8 Å². The number of anilines is 1. The summed E-state index contributed by atoms with van der Waals surface area (Å²) in [5.74, 6) is 2.53. The number of nitrogens with zero attached hydrogens (tertiary/aromatic N) is 1. The highest BCUT2D eigenvalue weighted by Gasteiger charge is 2.16. The molecule has 3 rings (SSSR count). The van der Waals surface area contributed by atoms with Crippen molar-refractivity contribution in [3.63, 3.8) is 0 Å². The van der Waals surface area contributed by atoms with Gasteiger partial charge in [0, 0.05) is 16.6 Å². The van der Waals surface area contributed by atoms with Crippen molar-refractivity contribution in [1.82, 2.24) is 9.97 Å². The van der Waals surface area contributed by atoms with Crippen LogP contribution < -0.4 is 20.3 Å². The van der Waals surface area contributed by atoms with Gasteiger partial charge in [0.05, 0.1) is 25.6 Å². The Morgan fingerprint density at radius 1 is 1.28 bits per heavy atom. The van der Waals surface area contributed by atoms with Gasteiger partial charge in [-0.2, -0.15) is 0 Å². The van der Waals surface area contributed by atoms with Crippen LogP contribution in [0.15, 0.2) is 23.0 Å². The maximum absolute atomic E-state index is 12.8. The first-order valence-corrected chi connectivity index (χ1v) is 10.8. The number of rotatable bonds is 9. The molecule has 0 unspecified atom stereocenters. The smallest absolute Gasteiger partial charge is 0.259 e. The summed E-state index contributed by atoms with van der Waals surface area (Å²) in [6.07, 6.45) is 2.01. The third-order valence-corrected chi connectivity index (χ3v) is 6.13. The van der Waals surface area contributed by atoms with Crippen LogP contribution in [-0.2, 0) is 13.0 Å². The molecule has 2 N–H and O–H groups in total. The van der Waals surface area contributed by atoms with Gasteiger partial charge in [0.2, 0.25) is 0 Å². The number of aryl methyl sites for hydroxylation is 1. The Morgan fingerprint density at radius 3 is 2.76 bits per heavy atom. The van der Waals surface area contributed by atoms with Crippen LogP contribution in [0.4, 0.5) is 5.69 Å². The summed E-state index contributed by atoms with van der Waals surface area (Å²) in [7, 11) is 1.62. The minimum absolute atomic E-state index is 0.0567. The summed E-state index contributed by atoms with van der Waals surface area (Å²) >= 11 is 1.60. The zero-order valence-electron chi connectivity index (χ0n) is 17.7. The molecule has 0 aliphatic rings. The van der Waals surface area contributed by atoms with Crippen LogP contribution in [0, 0.1) is 12.8 Å². The summed E-state index contributed by atoms with van der Waals surface area (Å²) in [4.78, 5) is 22.4. The van der Waals surface area contributed by atoms with Crippen molar-refractivity contribution in [3.05, 3.63) is 44.8 Å². The molecule has 0 aliphatic heterocycles. The van der Waals surface area contributed by atoms with Gasteiger partial charge in [0.1, 0.15) is 10.7 Å². The molecule has 0 saturated heterocycles. The fraction of sp³-hybridized carbons (Fsp3) is 0.455. The van der Waals surface area contributed by atoms with Crippen LogP contribution in [-0.4, -0.2) is 23.7 Å². The highest BCUT2D eigenvalue weighted by atomic mass is 32.1. The lowest BCUT2D eigenvalue weighted by atomic mass is 9.98. The van der Waals surface area contributed by atoms with Gasteiger partial charge >= 0.3 is 0 Å². The molecule has 1 aromatic carbocycles. The topological polar surface area (TPSA) is 76.2 Å². The number of aromatic amines is 1. The molecule has 29 heavy (non-hydrogen) atoms. The molecule has 0 spiro atoms. The van der Waals surface area contributed by atoms with E-state index in [2.05, 4.69) is 31.1 Å². The van der Waals surface area contributed by atoms with E-state index in [1.54, 1.807) is 18.4 Å². The van der Waals surface area contributed by atoms with Crippen molar-refractivity contribution >= 4 is 27.2 Å². The average molecular weight is 416 g/mol. The molecular formula is C22H29N3O3S. The number of aromatic nitrogens is 2. The van der Waals surface area contributed by atoms with Crippen LogP contribution >= 0.6 is 11.3 Å². The fourth-order valence-corrected chi connectivity index (χ4v) is 4.35. The molecule has 2 aromatic heterocycles. The SMILES string of the molecule is CCOc1ccc(NCc2nc3sc(C)c(C[C@@H](C)CC)c3c(=O)[nH]2)cc1OC. The molecule has 0 saturated carbocycles. The first-order chi connectivity index (χ1) is 14.0. The molecule has 7 heteroatoms. The van der Waals surface area contributed by atoms with E-state index in [0.29, 0.717) is 36.4 Å². The van der Waals surface area contributed by atoms with Gasteiger partial charge in [0.25, 0.3) is 5.56 Å². The number of hydrogen-bond acceptors (Lipinski definition) is 6. The van der Waals surface area contributed by atoms with Crippen molar-refractivity contribution < 1.29 is 9.47 Å². The molecule has 3 aromatic rings. The number of fused-ring (bicyclic) bond motifs is 1. The lowest BCUT2D eigenvalue weighted by molar-refractivity contribution is 0.311. The van der Waals surface area contributed by atoms with Crippen LogP contribution in [0.2, 0.25) is 0 Å². The summed E-state index contributed by atoms with van der Waals surface area (Å²) in [6, 6.07) is 5.67. The van der Waals surface area contributed by atoms with Crippen molar-refractivity contribution in [2.45, 2.75) is 47.1 Å². The van der Waals surface area contributed by atoms with Gasteiger partial charge in [-0.25, -0.2) is 4.98 Å². The molecule has 0 bridgehead atoms. The Hall–Kier alpha value is -2.54. The number of methoxy groups -OCH3 is 1. The van der Waals surface area contributed by atoms with Gasteiger partial charge in [-0.1, -0.05) is 20.3 Å². The largest absolute Gasteiger partial charge is 0.493 e. The predicted octanol–water partition coefficient (Wildman–Crippen LogP) is 4.90. The first kappa shape index (κ1) is 21.2. The minimum atomic E-state index is -0.0567. The normalized spacial score (nSPS) is 12.2. The predicted molar refractivity (Wildman–Crippen MR) is 120 cm³/mol. The summed E-state index contributed by atoms with van der Waals surface area (Å²) in [5, 5.41) is 4.05. The zero-order chi connectivity index (χ0) is 21.0. The molecule has 2 heterocycles. The van der Waals surface area contributed by atoms with Crippen molar-refractivity contribution in [1.29, 1.82) is 0 Å². The van der Waals surface area contributed by atoms with E-state index in [1.807, 2.05) is 25.1 Å². The average Bonchev–Trinajstić information content (AvgIpc) is 3.02. The number of nitrogens with one attached hydrogen (secondary N) is 2. The second-order valence-electron chi connectivity index (χ2n) is 7.20. The van der Waals surface area contributed by atoms with Crippen molar-refractivity contribution in [3.8, 4) is 11.5 Å². The van der Waals surface area contributed by atoms with Crippen molar-refractivity contribution in [2.24, 2.45) is 5.92 Å². The molecule has 6 nitrogen and oxygen atoms in total. The number of hydrogen-bond donors (Lipinski definition) is 2. The van der Waals surface area contributed by atoms with E-state index < -0.39 is 0 Å². The van der Waals surface area contributed by atoms with Crippen LogP contribution in [0.5, 0.6) is 11.5 Å². The van der Waals surface area contributed by atoms with Gasteiger partial charge in [-0.3, -0.25) is 4.79 Å². The third-order valence-electron chi connectivity index (χ3n) is 5.08. The Balaban J connectivity index is 1.82. The second-order valence-corrected chi connectivity index (χ2v) is 8.40. The van der Waals surface area contributed by atoms with Crippen LogP contribution in [0.1, 0.15) is 43.5 Å². The van der Waals surface area contributed by atoms with E-state index in [-0.39, 0.29) is 5.56 Å². The number of thiophene rings is 1. The van der Waals surface area contributed by atoms with Crippen LogP contribution in [0.3, 0.4) is 0 Å². The van der Waals surface area contributed by atoms with Gasteiger partial charge in [-0.15, -0.1) is 11.3 Å². The Morgan fingerprint density at radius 2 is 2.07 bits per heavy atom. The highest BCUT2D eigenvalue weighted by molar-refractivity contribution is 7.18. The van der Waals surface area contributed by atoms with Gasteiger partial charge in [-0.05, 0) is 43.9 Å². The second kappa shape index (κ2) is 9.31. The van der Waals surface area contributed by atoms with Crippen LogP contribution in [0.25, 0.3) is 10.2 Å². The minimum Gasteiger partial charge on any atom is -0.493 e. The summed E-state index contributed by atoms with van der Waals surface area (Å²) < 4.78 is 10.9. The lowest BCUT2D eigenvalue weighted by Gasteiger charge is -2.12. The molecular weight excluding hydrogens is 386 g/mol. The maximum atomic E-state index is 12.8. The van der Waals surface area contributed by atoms with Gasteiger partial charge in [0.15, 0.2) is 11.5 Å². The van der Waals surface area contributed by atoms with Crippen molar-refractivity contribution in [2.75, 3.05) is 19.0 Å². The number of ether oxygens (including phenoxy) is 2. The standard InChI is InChI=1S/C22H29N3O3S/c1-6-13(3)10-16-14(4)29-22-20(16)21(26)24-19(25-22)12-23-15-8-9-17(28-7-2)18(11-15)27-5/h8-9,11,13,23H,6-7,10,12H2,1-5H3,(H,24,25,26)/t13-/m0/s1. The van der Waals surface area contributed by atoms with E-state index >= 15 is 0 Å². The molecule has 1 atom stereocenters. The Bertz CT molecular complexity index is 1040. The number of benzene rings is 1. The third kappa shape index (κ3) is 4.72. The van der Waals surface area contributed by atoms with E-state index in [1.165, 1.54) is 4.88 Å². The zero-order valence-corrected chi connectivity index (χ0v) is 18.5. The maximum Gasteiger partial charge on any atom is 0.259 e. The fourth-order valence-electron chi connectivity index (χ4n) is 3.28. The number of H-pyrrole nitrogens is 1. The molecule has 0 radical (unpaired) electrons. The molecule has 0 fully saturated rings. The highest BCUT2D eigenvalue weighted by Crippen LogP contribution is 2.31. The summed E-state index contributed by atoms with van der Waals surface area (Å²) in [6.45, 7) is 9.40. The van der Waals surface area contributed by atoms with E-state index in [4.69, 9.17) is 14.5 Å². The first-order valence-electron chi connectivity index (χ1n) is 10.0. The lowest BCUT2D eigenvalue weighted by Crippen LogP contribution is -2.15. The van der Waals surface area contributed by atoms with E-state index in [0.717, 1.165) is 34.3 Å². The molecule has 156 valence electrons. The Labute approximate surface area is 175 Å². The monoisotopic (exact) mass is 415 g/mol. The molecule has 0 amide bonds.